The molecule has 0 amide bonds. The molecular formula is C12H15BrO3. The lowest BCUT2D eigenvalue weighted by atomic mass is 10.1. The molecule has 0 unspecified atom stereocenters. The van der Waals surface area contributed by atoms with Crippen LogP contribution in [0.15, 0.2) is 22.7 Å². The molecule has 0 N–H and O–H groups in total. The van der Waals surface area contributed by atoms with Gasteiger partial charge in [0.15, 0.2) is 5.78 Å². The van der Waals surface area contributed by atoms with Crippen molar-refractivity contribution in [2.75, 3.05) is 19.8 Å². The number of carbonyl (C=O) groups excluding carboxylic acids is 1. The topological polar surface area (TPSA) is 35.5 Å². The van der Waals surface area contributed by atoms with E-state index in [0.29, 0.717) is 31.1 Å². The SMILES string of the molecule is CCOCCOc1cc(Br)ccc1C(C)=O. The van der Waals surface area contributed by atoms with Crippen molar-refractivity contribution in [2.24, 2.45) is 0 Å². The van der Waals surface area contributed by atoms with E-state index in [-0.39, 0.29) is 5.78 Å². The first-order valence-electron chi connectivity index (χ1n) is 5.16. The van der Waals surface area contributed by atoms with Crippen LogP contribution in [0.1, 0.15) is 24.2 Å². The van der Waals surface area contributed by atoms with Gasteiger partial charge in [0.1, 0.15) is 12.4 Å². The molecule has 1 aromatic carbocycles. The number of ketones is 1. The molecule has 0 aromatic heterocycles. The molecule has 0 saturated carbocycles. The largest absolute Gasteiger partial charge is 0.490 e. The van der Waals surface area contributed by atoms with Crippen LogP contribution in [-0.4, -0.2) is 25.6 Å². The smallest absolute Gasteiger partial charge is 0.163 e. The van der Waals surface area contributed by atoms with Crippen LogP contribution in [0.2, 0.25) is 0 Å². The summed E-state index contributed by atoms with van der Waals surface area (Å²) in [6, 6.07) is 5.37. The Bertz CT molecular complexity index is 363. The van der Waals surface area contributed by atoms with E-state index in [1.165, 1.54) is 6.92 Å². The van der Waals surface area contributed by atoms with Gasteiger partial charge in [0.05, 0.1) is 12.2 Å². The second kappa shape index (κ2) is 6.66. The minimum absolute atomic E-state index is 0.00101. The maximum atomic E-state index is 11.3. The Hall–Kier alpha value is -0.870. The fraction of sp³-hybridized carbons (Fsp3) is 0.417. The van der Waals surface area contributed by atoms with Gasteiger partial charge in [-0.2, -0.15) is 0 Å². The first kappa shape index (κ1) is 13.2. The predicted molar refractivity (Wildman–Crippen MR) is 66.1 cm³/mol. The second-order valence-electron chi connectivity index (χ2n) is 3.24. The molecule has 16 heavy (non-hydrogen) atoms. The monoisotopic (exact) mass is 286 g/mol. The number of carbonyl (C=O) groups is 1. The number of hydrogen-bond donors (Lipinski definition) is 0. The van der Waals surface area contributed by atoms with Gasteiger partial charge in [-0.25, -0.2) is 0 Å². The van der Waals surface area contributed by atoms with Crippen LogP contribution in [-0.2, 0) is 4.74 Å². The van der Waals surface area contributed by atoms with Gasteiger partial charge >= 0.3 is 0 Å². The van der Waals surface area contributed by atoms with Crippen LogP contribution in [0, 0.1) is 0 Å². The minimum atomic E-state index is -0.00101. The molecule has 0 radical (unpaired) electrons. The van der Waals surface area contributed by atoms with Gasteiger partial charge in [0, 0.05) is 11.1 Å². The molecule has 0 aliphatic heterocycles. The summed E-state index contributed by atoms with van der Waals surface area (Å²) in [5.41, 5.74) is 0.597. The molecule has 0 bridgehead atoms. The van der Waals surface area contributed by atoms with Crippen molar-refractivity contribution in [3.05, 3.63) is 28.2 Å². The molecule has 0 atom stereocenters. The zero-order valence-electron chi connectivity index (χ0n) is 9.46. The number of ether oxygens (including phenoxy) is 2. The van der Waals surface area contributed by atoms with Crippen LogP contribution >= 0.6 is 15.9 Å². The molecule has 0 aliphatic rings. The van der Waals surface area contributed by atoms with Crippen LogP contribution < -0.4 is 4.74 Å². The highest BCUT2D eigenvalue weighted by atomic mass is 79.9. The van der Waals surface area contributed by atoms with E-state index in [1.807, 2.05) is 13.0 Å². The Morgan fingerprint density at radius 3 is 2.75 bits per heavy atom. The number of Topliss-reactive ketones (excluding diaryl/α,β-unsaturated/α-hetero) is 1. The van der Waals surface area contributed by atoms with Crippen LogP contribution in [0.3, 0.4) is 0 Å². The van der Waals surface area contributed by atoms with E-state index < -0.39 is 0 Å². The van der Waals surface area contributed by atoms with Crippen LogP contribution in [0.4, 0.5) is 0 Å². The zero-order chi connectivity index (χ0) is 12.0. The first-order chi connectivity index (χ1) is 7.65. The Balaban J connectivity index is 2.68. The average Bonchev–Trinajstić information content (AvgIpc) is 2.24. The van der Waals surface area contributed by atoms with E-state index in [2.05, 4.69) is 15.9 Å². The zero-order valence-corrected chi connectivity index (χ0v) is 11.0. The third kappa shape index (κ3) is 3.94. The van der Waals surface area contributed by atoms with Gasteiger partial charge < -0.3 is 9.47 Å². The Morgan fingerprint density at radius 2 is 2.12 bits per heavy atom. The summed E-state index contributed by atoms with van der Waals surface area (Å²) in [6.07, 6.45) is 0. The van der Waals surface area contributed by atoms with E-state index in [4.69, 9.17) is 9.47 Å². The highest BCUT2D eigenvalue weighted by Gasteiger charge is 2.08. The molecule has 3 nitrogen and oxygen atoms in total. The van der Waals surface area contributed by atoms with Gasteiger partial charge in [0.25, 0.3) is 0 Å². The Morgan fingerprint density at radius 1 is 1.38 bits per heavy atom. The van der Waals surface area contributed by atoms with Crippen molar-refractivity contribution < 1.29 is 14.3 Å². The van der Waals surface area contributed by atoms with E-state index in [9.17, 15) is 4.79 Å². The molecule has 0 aliphatic carbocycles. The van der Waals surface area contributed by atoms with E-state index in [0.717, 1.165) is 4.47 Å². The standard InChI is InChI=1S/C12H15BrO3/c1-3-15-6-7-16-12-8-10(13)4-5-11(12)9(2)14/h4-5,8H,3,6-7H2,1-2H3. The van der Waals surface area contributed by atoms with Crippen molar-refractivity contribution in [1.29, 1.82) is 0 Å². The summed E-state index contributed by atoms with van der Waals surface area (Å²) in [5, 5.41) is 0. The quantitative estimate of drug-likeness (QED) is 0.596. The summed E-state index contributed by atoms with van der Waals surface area (Å²) in [6.45, 7) is 5.10. The minimum Gasteiger partial charge on any atom is -0.490 e. The van der Waals surface area contributed by atoms with E-state index in [1.54, 1.807) is 12.1 Å². The summed E-state index contributed by atoms with van der Waals surface area (Å²) in [5.74, 6) is 0.598. The lowest BCUT2D eigenvalue weighted by molar-refractivity contribution is 0.0990. The number of rotatable bonds is 6. The molecule has 0 spiro atoms. The summed E-state index contributed by atoms with van der Waals surface area (Å²) in [4.78, 5) is 11.3. The Labute approximate surface area is 104 Å². The summed E-state index contributed by atoms with van der Waals surface area (Å²) < 4.78 is 11.6. The molecule has 0 heterocycles. The third-order valence-corrected chi connectivity index (χ3v) is 2.51. The van der Waals surface area contributed by atoms with Crippen molar-refractivity contribution in [3.8, 4) is 5.75 Å². The summed E-state index contributed by atoms with van der Waals surface area (Å²) >= 11 is 3.35. The molecule has 1 aromatic rings. The number of benzene rings is 1. The average molecular weight is 287 g/mol. The predicted octanol–water partition coefficient (Wildman–Crippen LogP) is 3.07. The van der Waals surface area contributed by atoms with Crippen molar-refractivity contribution >= 4 is 21.7 Å². The molecule has 0 saturated heterocycles. The maximum Gasteiger partial charge on any atom is 0.163 e. The lowest BCUT2D eigenvalue weighted by Gasteiger charge is -2.10. The van der Waals surface area contributed by atoms with Gasteiger partial charge in [-0.05, 0) is 32.0 Å². The van der Waals surface area contributed by atoms with Crippen molar-refractivity contribution in [3.63, 3.8) is 0 Å². The normalized spacial score (nSPS) is 10.2. The molecule has 1 rings (SSSR count). The van der Waals surface area contributed by atoms with Crippen LogP contribution in [0.25, 0.3) is 0 Å². The van der Waals surface area contributed by atoms with Gasteiger partial charge in [-0.1, -0.05) is 15.9 Å². The van der Waals surface area contributed by atoms with Gasteiger partial charge in [-0.3, -0.25) is 4.79 Å². The number of hydrogen-bond acceptors (Lipinski definition) is 3. The molecule has 4 heteroatoms. The van der Waals surface area contributed by atoms with Gasteiger partial charge in [0.2, 0.25) is 0 Å². The second-order valence-corrected chi connectivity index (χ2v) is 4.16. The number of halogens is 1. The third-order valence-electron chi connectivity index (χ3n) is 2.01. The van der Waals surface area contributed by atoms with Crippen molar-refractivity contribution in [1.82, 2.24) is 0 Å². The van der Waals surface area contributed by atoms with Crippen LogP contribution in [0.5, 0.6) is 5.75 Å². The maximum absolute atomic E-state index is 11.3. The highest BCUT2D eigenvalue weighted by molar-refractivity contribution is 9.10. The summed E-state index contributed by atoms with van der Waals surface area (Å²) in [7, 11) is 0. The Kier molecular flexibility index (Phi) is 5.49. The first-order valence-corrected chi connectivity index (χ1v) is 5.95. The molecule has 88 valence electrons. The van der Waals surface area contributed by atoms with Gasteiger partial charge in [-0.15, -0.1) is 0 Å². The van der Waals surface area contributed by atoms with E-state index >= 15 is 0 Å². The fourth-order valence-corrected chi connectivity index (χ4v) is 1.60. The highest BCUT2D eigenvalue weighted by Crippen LogP contribution is 2.24. The fourth-order valence-electron chi connectivity index (χ4n) is 1.26. The molecule has 0 fully saturated rings. The molecular weight excluding hydrogens is 272 g/mol. The van der Waals surface area contributed by atoms with Crippen molar-refractivity contribution in [2.45, 2.75) is 13.8 Å². The lowest BCUT2D eigenvalue weighted by Crippen LogP contribution is -2.08.